The van der Waals surface area contributed by atoms with Gasteiger partial charge in [0.1, 0.15) is 4.60 Å². The maximum atomic E-state index is 12.0. The van der Waals surface area contributed by atoms with Crippen LogP contribution in [-0.2, 0) is 14.1 Å². The molecule has 0 radical (unpaired) electrons. The number of imidazole rings is 1. The number of benzene rings is 1. The van der Waals surface area contributed by atoms with E-state index in [9.17, 15) is 4.79 Å². The highest BCUT2D eigenvalue weighted by molar-refractivity contribution is 9.10. The minimum absolute atomic E-state index is 0.00919. The molecule has 1 atom stereocenters. The highest BCUT2D eigenvalue weighted by Crippen LogP contribution is 2.24. The lowest BCUT2D eigenvalue weighted by Crippen LogP contribution is -2.19. The molecule has 0 amide bonds. The second-order valence-electron chi connectivity index (χ2n) is 4.92. The molecule has 0 spiro atoms. The number of nitrogens with zero attached hydrogens (tertiary/aromatic N) is 4. The summed E-state index contributed by atoms with van der Waals surface area (Å²) in [5, 5.41) is 4.31. The minimum Gasteiger partial charge on any atom is -0.295 e. The number of aromatic nitrogens is 4. The molecular weight excluding hydrogens is 320 g/mol. The summed E-state index contributed by atoms with van der Waals surface area (Å²) < 4.78 is 6.17. The molecule has 1 unspecified atom stereocenters. The van der Waals surface area contributed by atoms with Gasteiger partial charge in [0.25, 0.3) is 0 Å². The van der Waals surface area contributed by atoms with E-state index in [1.807, 2.05) is 22.9 Å². The Morgan fingerprint density at radius 2 is 1.85 bits per heavy atom. The van der Waals surface area contributed by atoms with Crippen LogP contribution in [0.15, 0.2) is 39.9 Å². The summed E-state index contributed by atoms with van der Waals surface area (Å²) in [4.78, 5) is 12.0. The van der Waals surface area contributed by atoms with Crippen molar-refractivity contribution >= 4 is 27.0 Å². The van der Waals surface area contributed by atoms with E-state index in [0.29, 0.717) is 0 Å². The van der Waals surface area contributed by atoms with Gasteiger partial charge in [-0.3, -0.25) is 13.8 Å². The zero-order valence-electron chi connectivity index (χ0n) is 11.5. The van der Waals surface area contributed by atoms with Gasteiger partial charge in [-0.2, -0.15) is 5.10 Å². The molecule has 0 N–H and O–H groups in total. The van der Waals surface area contributed by atoms with Gasteiger partial charge in [0, 0.05) is 14.1 Å². The van der Waals surface area contributed by atoms with E-state index in [1.54, 1.807) is 29.4 Å². The second-order valence-corrected chi connectivity index (χ2v) is 5.74. The molecule has 0 saturated heterocycles. The molecule has 0 aliphatic rings. The van der Waals surface area contributed by atoms with Crippen molar-refractivity contribution in [2.45, 2.75) is 13.0 Å². The number of hydrogen-bond donors (Lipinski definition) is 0. The van der Waals surface area contributed by atoms with Crippen molar-refractivity contribution in [2.24, 2.45) is 14.1 Å². The molecule has 0 aliphatic heterocycles. The average molecular weight is 335 g/mol. The van der Waals surface area contributed by atoms with E-state index in [0.717, 1.165) is 21.2 Å². The maximum Gasteiger partial charge on any atom is 0.328 e. The Bertz CT molecular complexity index is 843. The lowest BCUT2D eigenvalue weighted by atomic mass is 10.1. The van der Waals surface area contributed by atoms with E-state index in [4.69, 9.17) is 0 Å². The Labute approximate surface area is 124 Å². The van der Waals surface area contributed by atoms with Crippen molar-refractivity contribution in [3.05, 3.63) is 51.1 Å². The fourth-order valence-electron chi connectivity index (χ4n) is 2.51. The fourth-order valence-corrected chi connectivity index (χ4v) is 3.02. The van der Waals surface area contributed by atoms with Crippen molar-refractivity contribution in [3.8, 4) is 0 Å². The Kier molecular flexibility index (Phi) is 3.05. The van der Waals surface area contributed by atoms with Crippen LogP contribution in [0.25, 0.3) is 11.0 Å². The van der Waals surface area contributed by atoms with Gasteiger partial charge in [-0.1, -0.05) is 6.07 Å². The summed E-state index contributed by atoms with van der Waals surface area (Å²) >= 11 is 3.49. The van der Waals surface area contributed by atoms with Gasteiger partial charge in [-0.05, 0) is 46.6 Å². The monoisotopic (exact) mass is 334 g/mol. The van der Waals surface area contributed by atoms with Crippen molar-refractivity contribution in [1.29, 1.82) is 0 Å². The lowest BCUT2D eigenvalue weighted by molar-refractivity contribution is 0.553. The van der Waals surface area contributed by atoms with Crippen LogP contribution < -0.4 is 5.69 Å². The molecule has 0 aliphatic carbocycles. The Balaban J connectivity index is 2.17. The smallest absolute Gasteiger partial charge is 0.295 e. The highest BCUT2D eigenvalue weighted by atomic mass is 79.9. The standard InChI is InChI=1S/C14H15BrN4O/c1-9(19-13(15)6-7-16-19)10-4-5-11-12(8-10)18(3)14(20)17(11)2/h4-9H,1-3H3. The molecule has 2 heterocycles. The second kappa shape index (κ2) is 4.63. The predicted molar refractivity (Wildman–Crippen MR) is 81.9 cm³/mol. The molecule has 0 bridgehead atoms. The van der Waals surface area contributed by atoms with E-state index < -0.39 is 0 Å². The summed E-state index contributed by atoms with van der Waals surface area (Å²) in [6, 6.07) is 8.09. The Morgan fingerprint density at radius 3 is 2.50 bits per heavy atom. The Hall–Kier alpha value is -1.82. The van der Waals surface area contributed by atoms with Crippen LogP contribution in [0.4, 0.5) is 0 Å². The van der Waals surface area contributed by atoms with Crippen LogP contribution in [0, 0.1) is 0 Å². The van der Waals surface area contributed by atoms with Crippen molar-refractivity contribution in [1.82, 2.24) is 18.9 Å². The first-order valence-corrected chi connectivity index (χ1v) is 7.14. The van der Waals surface area contributed by atoms with Crippen LogP contribution in [0.1, 0.15) is 18.5 Å². The van der Waals surface area contributed by atoms with Crippen molar-refractivity contribution in [3.63, 3.8) is 0 Å². The van der Waals surface area contributed by atoms with Gasteiger partial charge < -0.3 is 0 Å². The summed E-state index contributed by atoms with van der Waals surface area (Å²) in [6.07, 6.45) is 1.76. The summed E-state index contributed by atoms with van der Waals surface area (Å²) in [6.45, 7) is 2.08. The quantitative estimate of drug-likeness (QED) is 0.722. The highest BCUT2D eigenvalue weighted by Gasteiger charge is 2.14. The third-order valence-corrected chi connectivity index (χ3v) is 4.39. The number of rotatable bonds is 2. The van der Waals surface area contributed by atoms with Crippen molar-refractivity contribution in [2.75, 3.05) is 0 Å². The molecule has 3 rings (SSSR count). The van der Waals surface area contributed by atoms with Gasteiger partial charge in [-0.25, -0.2) is 4.79 Å². The number of fused-ring (bicyclic) bond motifs is 1. The molecule has 0 fully saturated rings. The summed E-state index contributed by atoms with van der Waals surface area (Å²) in [5.74, 6) is 0. The lowest BCUT2D eigenvalue weighted by Gasteiger charge is -2.14. The zero-order valence-corrected chi connectivity index (χ0v) is 13.1. The molecule has 0 saturated carbocycles. The molecule has 3 aromatic rings. The maximum absolute atomic E-state index is 12.0. The van der Waals surface area contributed by atoms with E-state index in [1.165, 1.54) is 0 Å². The predicted octanol–water partition coefficient (Wildman–Crippen LogP) is 2.45. The first kappa shape index (κ1) is 13.2. The van der Waals surface area contributed by atoms with Gasteiger partial charge in [0.15, 0.2) is 0 Å². The number of hydrogen-bond acceptors (Lipinski definition) is 2. The number of halogens is 1. The van der Waals surface area contributed by atoms with Gasteiger partial charge in [0.2, 0.25) is 0 Å². The van der Waals surface area contributed by atoms with Crippen LogP contribution in [0.2, 0.25) is 0 Å². The van der Waals surface area contributed by atoms with Gasteiger partial charge in [0.05, 0.1) is 23.3 Å². The van der Waals surface area contributed by atoms with Gasteiger partial charge >= 0.3 is 5.69 Å². The first-order chi connectivity index (χ1) is 9.50. The zero-order chi connectivity index (χ0) is 14.4. The molecule has 6 heteroatoms. The molecule has 104 valence electrons. The van der Waals surface area contributed by atoms with Crippen LogP contribution >= 0.6 is 15.9 Å². The van der Waals surface area contributed by atoms with E-state index >= 15 is 0 Å². The SMILES string of the molecule is CC(c1ccc2c(c1)n(C)c(=O)n2C)n1nccc1Br. The van der Waals surface area contributed by atoms with Crippen LogP contribution in [-0.4, -0.2) is 18.9 Å². The number of aryl methyl sites for hydroxylation is 2. The third-order valence-electron chi connectivity index (χ3n) is 3.77. The van der Waals surface area contributed by atoms with E-state index in [2.05, 4.69) is 34.0 Å². The van der Waals surface area contributed by atoms with Crippen LogP contribution in [0.3, 0.4) is 0 Å². The normalized spacial score (nSPS) is 13.0. The molecule has 2 aromatic heterocycles. The molecule has 1 aromatic carbocycles. The molecular formula is C14H15BrN4O. The first-order valence-electron chi connectivity index (χ1n) is 6.35. The third kappa shape index (κ3) is 1.83. The minimum atomic E-state index is -0.00919. The fraction of sp³-hybridized carbons (Fsp3) is 0.286. The van der Waals surface area contributed by atoms with E-state index in [-0.39, 0.29) is 11.7 Å². The topological polar surface area (TPSA) is 44.8 Å². The van der Waals surface area contributed by atoms with Gasteiger partial charge in [-0.15, -0.1) is 0 Å². The largest absolute Gasteiger partial charge is 0.328 e. The Morgan fingerprint density at radius 1 is 1.15 bits per heavy atom. The molecule has 5 nitrogen and oxygen atoms in total. The summed E-state index contributed by atoms with van der Waals surface area (Å²) in [7, 11) is 3.58. The van der Waals surface area contributed by atoms with Crippen LogP contribution in [0.5, 0.6) is 0 Å². The summed E-state index contributed by atoms with van der Waals surface area (Å²) in [5.41, 5.74) is 2.98. The van der Waals surface area contributed by atoms with Crippen molar-refractivity contribution < 1.29 is 0 Å². The average Bonchev–Trinajstić information content (AvgIpc) is 2.97. The molecule has 20 heavy (non-hydrogen) atoms.